The second-order valence-electron chi connectivity index (χ2n) is 7.41. The summed E-state index contributed by atoms with van der Waals surface area (Å²) in [5.41, 5.74) is -0.411. The van der Waals surface area contributed by atoms with E-state index in [1.54, 1.807) is 0 Å². The number of likely N-dealkylation sites (tertiary alicyclic amines) is 1. The van der Waals surface area contributed by atoms with E-state index in [1.165, 1.54) is 0 Å². The molecular weight excluding hydrogens is 252 g/mol. The molecule has 1 rings (SSSR count). The summed E-state index contributed by atoms with van der Waals surface area (Å²) in [6, 6.07) is 0.755. The average molecular weight is 284 g/mol. The second kappa shape index (κ2) is 7.30. The minimum Gasteiger partial charge on any atom is -0.444 e. The van der Waals surface area contributed by atoms with Gasteiger partial charge in [-0.2, -0.15) is 0 Å². The first-order valence-electron chi connectivity index (χ1n) is 7.92. The van der Waals surface area contributed by atoms with Crippen LogP contribution in [0.15, 0.2) is 0 Å². The van der Waals surface area contributed by atoms with Gasteiger partial charge in [-0.3, -0.25) is 0 Å². The molecule has 0 aromatic heterocycles. The molecule has 1 aliphatic heterocycles. The molecule has 1 saturated heterocycles. The van der Waals surface area contributed by atoms with Crippen molar-refractivity contribution in [1.82, 2.24) is 10.2 Å². The third kappa shape index (κ3) is 6.12. The van der Waals surface area contributed by atoms with E-state index in [0.29, 0.717) is 18.0 Å². The third-order valence-corrected chi connectivity index (χ3v) is 3.51. The molecule has 0 saturated carbocycles. The molecule has 4 nitrogen and oxygen atoms in total. The summed E-state index contributed by atoms with van der Waals surface area (Å²) < 4.78 is 5.50. The van der Waals surface area contributed by atoms with Crippen LogP contribution in [-0.2, 0) is 4.74 Å². The molecule has 1 amide bonds. The average Bonchev–Trinajstić information content (AvgIpc) is 2.72. The zero-order chi connectivity index (χ0) is 15.3. The Balaban J connectivity index is 2.46. The Hall–Kier alpha value is -0.770. The van der Waals surface area contributed by atoms with Crippen LogP contribution in [0.2, 0.25) is 0 Å². The lowest BCUT2D eigenvalue weighted by Gasteiger charge is -2.30. The third-order valence-electron chi connectivity index (χ3n) is 3.51. The molecule has 0 aromatic carbocycles. The van der Waals surface area contributed by atoms with Gasteiger partial charge in [0.05, 0.1) is 0 Å². The Morgan fingerprint density at radius 3 is 2.55 bits per heavy atom. The summed E-state index contributed by atoms with van der Waals surface area (Å²) in [5, 5.41) is 3.54. The molecule has 4 heteroatoms. The van der Waals surface area contributed by atoms with Crippen molar-refractivity contribution < 1.29 is 9.53 Å². The van der Waals surface area contributed by atoms with E-state index in [1.807, 2.05) is 25.7 Å². The summed E-state index contributed by atoms with van der Waals surface area (Å²) in [5.74, 6) is 0.656. The van der Waals surface area contributed by atoms with Gasteiger partial charge in [-0.25, -0.2) is 4.79 Å². The monoisotopic (exact) mass is 284 g/mol. The quantitative estimate of drug-likeness (QED) is 0.841. The number of carbonyl (C=O) groups is 1. The molecule has 0 aliphatic carbocycles. The van der Waals surface area contributed by atoms with E-state index in [4.69, 9.17) is 4.74 Å². The minimum atomic E-state index is -0.411. The molecule has 118 valence electrons. The SMILES string of the molecule is CC(C)CNC(C)CC1CCCN1C(=O)OC(C)(C)C. The Kier molecular flexibility index (Phi) is 6.31. The van der Waals surface area contributed by atoms with Gasteiger partial charge in [0.1, 0.15) is 5.60 Å². The number of amides is 1. The van der Waals surface area contributed by atoms with Gasteiger partial charge in [0.2, 0.25) is 0 Å². The smallest absolute Gasteiger partial charge is 0.410 e. The number of carbonyl (C=O) groups excluding carboxylic acids is 1. The summed E-state index contributed by atoms with van der Waals surface area (Å²) in [7, 11) is 0. The topological polar surface area (TPSA) is 41.6 Å². The Morgan fingerprint density at radius 1 is 1.35 bits per heavy atom. The highest BCUT2D eigenvalue weighted by atomic mass is 16.6. The predicted octanol–water partition coefficient (Wildman–Crippen LogP) is 3.41. The van der Waals surface area contributed by atoms with Gasteiger partial charge in [-0.1, -0.05) is 13.8 Å². The largest absolute Gasteiger partial charge is 0.444 e. The maximum atomic E-state index is 12.2. The molecule has 0 aromatic rings. The number of nitrogens with zero attached hydrogens (tertiary/aromatic N) is 1. The standard InChI is InChI=1S/C16H32N2O2/c1-12(2)11-17-13(3)10-14-8-7-9-18(14)15(19)20-16(4,5)6/h12-14,17H,7-11H2,1-6H3. The van der Waals surface area contributed by atoms with Crippen LogP contribution >= 0.6 is 0 Å². The van der Waals surface area contributed by atoms with E-state index >= 15 is 0 Å². The molecule has 0 bridgehead atoms. The van der Waals surface area contributed by atoms with Gasteiger partial charge < -0.3 is 15.0 Å². The summed E-state index contributed by atoms with van der Waals surface area (Å²) in [6.45, 7) is 14.2. The van der Waals surface area contributed by atoms with Crippen LogP contribution in [0, 0.1) is 5.92 Å². The van der Waals surface area contributed by atoms with Crippen LogP contribution in [0.4, 0.5) is 4.79 Å². The zero-order valence-electron chi connectivity index (χ0n) is 14.0. The van der Waals surface area contributed by atoms with E-state index in [9.17, 15) is 4.79 Å². The minimum absolute atomic E-state index is 0.156. The van der Waals surface area contributed by atoms with Crippen molar-refractivity contribution in [2.24, 2.45) is 5.92 Å². The summed E-state index contributed by atoms with van der Waals surface area (Å²) in [6.07, 6.45) is 3.02. The maximum absolute atomic E-state index is 12.2. The normalized spacial score (nSPS) is 21.4. The molecule has 20 heavy (non-hydrogen) atoms. The molecule has 0 radical (unpaired) electrons. The van der Waals surface area contributed by atoms with Crippen LogP contribution in [0.5, 0.6) is 0 Å². The van der Waals surface area contributed by atoms with Crippen molar-refractivity contribution in [1.29, 1.82) is 0 Å². The lowest BCUT2D eigenvalue weighted by Crippen LogP contribution is -2.43. The summed E-state index contributed by atoms with van der Waals surface area (Å²) >= 11 is 0. The zero-order valence-corrected chi connectivity index (χ0v) is 14.0. The number of hydrogen-bond donors (Lipinski definition) is 1. The lowest BCUT2D eigenvalue weighted by molar-refractivity contribution is 0.0214. The first-order valence-corrected chi connectivity index (χ1v) is 7.92. The van der Waals surface area contributed by atoms with Crippen LogP contribution < -0.4 is 5.32 Å². The molecule has 0 spiro atoms. The van der Waals surface area contributed by atoms with Crippen molar-refractivity contribution >= 4 is 6.09 Å². The van der Waals surface area contributed by atoms with Gasteiger partial charge in [0.25, 0.3) is 0 Å². The Labute approximate surface area is 124 Å². The highest BCUT2D eigenvalue weighted by Gasteiger charge is 2.32. The van der Waals surface area contributed by atoms with E-state index in [2.05, 4.69) is 26.1 Å². The lowest BCUT2D eigenvalue weighted by atomic mass is 10.1. The fraction of sp³-hybridized carbons (Fsp3) is 0.938. The van der Waals surface area contributed by atoms with Crippen molar-refractivity contribution in [3.8, 4) is 0 Å². The number of nitrogens with one attached hydrogen (secondary N) is 1. The number of ether oxygens (including phenoxy) is 1. The molecule has 2 atom stereocenters. The molecular formula is C16H32N2O2. The molecule has 2 unspecified atom stereocenters. The highest BCUT2D eigenvalue weighted by Crippen LogP contribution is 2.24. The Bertz CT molecular complexity index is 310. The van der Waals surface area contributed by atoms with Gasteiger partial charge in [0.15, 0.2) is 0 Å². The van der Waals surface area contributed by atoms with Crippen LogP contribution in [0.3, 0.4) is 0 Å². The van der Waals surface area contributed by atoms with Crippen molar-refractivity contribution in [2.45, 2.75) is 78.5 Å². The fourth-order valence-corrected chi connectivity index (χ4v) is 2.57. The summed E-state index contributed by atoms with van der Waals surface area (Å²) in [4.78, 5) is 14.1. The van der Waals surface area contributed by atoms with E-state index in [0.717, 1.165) is 32.4 Å². The van der Waals surface area contributed by atoms with Gasteiger partial charge in [-0.15, -0.1) is 0 Å². The van der Waals surface area contributed by atoms with Crippen molar-refractivity contribution in [3.63, 3.8) is 0 Å². The highest BCUT2D eigenvalue weighted by molar-refractivity contribution is 5.68. The van der Waals surface area contributed by atoms with Crippen LogP contribution in [-0.4, -0.2) is 41.8 Å². The second-order valence-corrected chi connectivity index (χ2v) is 7.41. The molecule has 1 heterocycles. The van der Waals surface area contributed by atoms with Crippen molar-refractivity contribution in [3.05, 3.63) is 0 Å². The number of hydrogen-bond acceptors (Lipinski definition) is 3. The van der Waals surface area contributed by atoms with Crippen molar-refractivity contribution in [2.75, 3.05) is 13.1 Å². The molecule has 1 fully saturated rings. The first kappa shape index (κ1) is 17.3. The van der Waals surface area contributed by atoms with E-state index in [-0.39, 0.29) is 6.09 Å². The van der Waals surface area contributed by atoms with Gasteiger partial charge in [0, 0.05) is 18.6 Å². The van der Waals surface area contributed by atoms with Crippen LogP contribution in [0.25, 0.3) is 0 Å². The molecule has 1 N–H and O–H groups in total. The maximum Gasteiger partial charge on any atom is 0.410 e. The van der Waals surface area contributed by atoms with Crippen LogP contribution in [0.1, 0.15) is 60.8 Å². The first-order chi connectivity index (χ1) is 9.19. The van der Waals surface area contributed by atoms with Gasteiger partial charge >= 0.3 is 6.09 Å². The molecule has 1 aliphatic rings. The number of rotatable bonds is 5. The Morgan fingerprint density at radius 2 is 2.00 bits per heavy atom. The van der Waals surface area contributed by atoms with Gasteiger partial charge in [-0.05, 0) is 59.4 Å². The van der Waals surface area contributed by atoms with E-state index < -0.39 is 5.60 Å². The fourth-order valence-electron chi connectivity index (χ4n) is 2.57. The predicted molar refractivity (Wildman–Crippen MR) is 82.9 cm³/mol.